The molecule has 1 aromatic heterocycles. The first-order valence-electron chi connectivity index (χ1n) is 15.1. The predicted molar refractivity (Wildman–Crippen MR) is 159 cm³/mol. The third-order valence-electron chi connectivity index (χ3n) is 9.28. The number of hydrogen-bond acceptors (Lipinski definition) is 6. The number of rotatable bonds is 8. The Hall–Kier alpha value is -2.32. The van der Waals surface area contributed by atoms with Gasteiger partial charge in [0.2, 0.25) is 15.9 Å². The Morgan fingerprint density at radius 1 is 1.11 bits per heavy atom. The summed E-state index contributed by atoms with van der Waals surface area (Å²) in [7, 11) is -3.32. The molecule has 2 aromatic rings. The van der Waals surface area contributed by atoms with Crippen LogP contribution in [0.1, 0.15) is 74.0 Å². The highest BCUT2D eigenvalue weighted by Gasteiger charge is 2.39. The number of nitrogens with zero attached hydrogens (tertiary/aromatic N) is 2. The second-order valence-electron chi connectivity index (χ2n) is 12.2. The van der Waals surface area contributed by atoms with E-state index in [-0.39, 0.29) is 45.9 Å². The lowest BCUT2D eigenvalue weighted by Crippen LogP contribution is -2.57. The number of pyridine rings is 1. The van der Waals surface area contributed by atoms with Crippen LogP contribution in [0.25, 0.3) is 0 Å². The van der Waals surface area contributed by atoms with Crippen LogP contribution in [0.5, 0.6) is 0 Å². The number of halogens is 5. The highest BCUT2D eigenvalue weighted by Crippen LogP contribution is 2.35. The first-order valence-corrected chi connectivity index (χ1v) is 17.1. The van der Waals surface area contributed by atoms with E-state index in [4.69, 9.17) is 17.3 Å². The van der Waals surface area contributed by atoms with Crippen molar-refractivity contribution in [3.8, 4) is 0 Å². The summed E-state index contributed by atoms with van der Waals surface area (Å²) in [6.07, 6.45) is 3.41. The summed E-state index contributed by atoms with van der Waals surface area (Å²) in [5, 5.41) is 6.36. The zero-order chi connectivity index (χ0) is 31.6. The number of fused-ring (bicyclic) bond motifs is 2. The molecule has 1 unspecified atom stereocenters. The summed E-state index contributed by atoms with van der Waals surface area (Å²) in [5.41, 5.74) is 5.67. The molecular weight excluding hydrogens is 622 g/mol. The number of amides is 1. The van der Waals surface area contributed by atoms with E-state index in [2.05, 4.69) is 15.6 Å². The van der Waals surface area contributed by atoms with Crippen LogP contribution in [0.4, 0.5) is 17.6 Å². The molecule has 3 aliphatic rings. The molecule has 1 aromatic carbocycles. The fourth-order valence-corrected chi connectivity index (χ4v) is 8.85. The normalized spacial score (nSPS) is 28.5. The van der Waals surface area contributed by atoms with Crippen LogP contribution in [-0.4, -0.2) is 66.6 Å². The van der Waals surface area contributed by atoms with Crippen molar-refractivity contribution in [1.82, 2.24) is 19.9 Å². The van der Waals surface area contributed by atoms with Gasteiger partial charge in [-0.3, -0.25) is 9.78 Å². The average molecular weight is 660 g/mol. The number of nitrogens with one attached hydrogen (secondary N) is 2. The van der Waals surface area contributed by atoms with E-state index in [9.17, 15) is 30.8 Å². The number of carbonyl (C=O) groups is 1. The van der Waals surface area contributed by atoms with Gasteiger partial charge in [0.05, 0.1) is 22.4 Å². The van der Waals surface area contributed by atoms with Crippen LogP contribution in [0.3, 0.4) is 0 Å². The van der Waals surface area contributed by atoms with Crippen molar-refractivity contribution in [3.05, 3.63) is 64.2 Å². The standard InChI is InChI=1S/C30H38ClF4N5O3S/c31-24-10-8-19(13-25(24)32)27(20-12-21(15-37-14-20)30(33,34)35)28(36)29(41)39-26-6-2-1-4-18(26)7-9-23-16-38-22-5-3-11-44(42,43)40(23)17-22/h8,10,12-15,18,22-23,26-28,38H,1-7,9,11,16-17,36H2,(H,39,41)/t18-,22-,23+,26+,27+,28+/m1/s1. The number of aromatic nitrogens is 1. The van der Waals surface area contributed by atoms with E-state index in [0.717, 1.165) is 37.8 Å². The Kier molecular flexibility index (Phi) is 10.2. The first-order chi connectivity index (χ1) is 20.8. The van der Waals surface area contributed by atoms with E-state index >= 15 is 0 Å². The number of piperazine rings is 1. The molecule has 2 bridgehead atoms. The molecule has 0 spiro atoms. The average Bonchev–Trinajstić information content (AvgIpc) is 3.10. The minimum atomic E-state index is -4.68. The van der Waals surface area contributed by atoms with Crippen molar-refractivity contribution in [2.24, 2.45) is 11.7 Å². The molecule has 1 amide bonds. The van der Waals surface area contributed by atoms with Gasteiger partial charge in [-0.2, -0.15) is 17.5 Å². The molecule has 2 aliphatic heterocycles. The lowest BCUT2D eigenvalue weighted by Gasteiger charge is -2.39. The largest absolute Gasteiger partial charge is 0.417 e. The fraction of sp³-hybridized carbons (Fsp3) is 0.600. The smallest absolute Gasteiger partial charge is 0.352 e. The molecule has 5 rings (SSSR count). The van der Waals surface area contributed by atoms with Crippen LogP contribution in [0, 0.1) is 11.7 Å². The third kappa shape index (κ3) is 7.55. The molecule has 1 aliphatic carbocycles. The fourth-order valence-electron chi connectivity index (χ4n) is 6.92. The zero-order valence-electron chi connectivity index (χ0n) is 24.2. The second kappa shape index (κ2) is 13.6. The van der Waals surface area contributed by atoms with Crippen molar-refractivity contribution in [1.29, 1.82) is 0 Å². The summed E-state index contributed by atoms with van der Waals surface area (Å²) in [4.78, 5) is 17.4. The van der Waals surface area contributed by atoms with Crippen molar-refractivity contribution in [2.75, 3.05) is 18.8 Å². The summed E-state index contributed by atoms with van der Waals surface area (Å²) in [5.74, 6) is -2.26. The lowest BCUT2D eigenvalue weighted by atomic mass is 9.80. The van der Waals surface area contributed by atoms with Crippen molar-refractivity contribution < 1.29 is 30.8 Å². The molecule has 3 fully saturated rings. The highest BCUT2D eigenvalue weighted by atomic mass is 35.5. The number of carbonyl (C=O) groups excluding carboxylic acids is 1. The molecule has 4 N–H and O–H groups in total. The van der Waals surface area contributed by atoms with Gasteiger partial charge in [0.1, 0.15) is 5.82 Å². The number of nitrogens with two attached hydrogens (primary N) is 1. The minimum absolute atomic E-state index is 0.0196. The van der Waals surface area contributed by atoms with Gasteiger partial charge in [-0.25, -0.2) is 12.8 Å². The molecule has 14 heteroatoms. The number of hydrogen-bond donors (Lipinski definition) is 3. The van der Waals surface area contributed by atoms with Crippen LogP contribution < -0.4 is 16.4 Å². The highest BCUT2D eigenvalue weighted by molar-refractivity contribution is 7.89. The van der Waals surface area contributed by atoms with E-state index < -0.39 is 45.4 Å². The molecule has 8 nitrogen and oxygen atoms in total. The molecule has 3 heterocycles. The van der Waals surface area contributed by atoms with E-state index in [1.807, 2.05) is 0 Å². The first kappa shape index (κ1) is 33.1. The summed E-state index contributed by atoms with van der Waals surface area (Å²) < 4.78 is 82.5. The summed E-state index contributed by atoms with van der Waals surface area (Å²) in [6.45, 7) is 1.06. The van der Waals surface area contributed by atoms with Gasteiger partial charge < -0.3 is 16.4 Å². The molecule has 1 saturated carbocycles. The van der Waals surface area contributed by atoms with Gasteiger partial charge in [-0.05, 0) is 73.8 Å². The maximum Gasteiger partial charge on any atom is 0.417 e. The Morgan fingerprint density at radius 3 is 2.64 bits per heavy atom. The predicted octanol–water partition coefficient (Wildman–Crippen LogP) is 4.57. The van der Waals surface area contributed by atoms with Crippen LogP contribution >= 0.6 is 11.6 Å². The van der Waals surface area contributed by atoms with Crippen LogP contribution in [0.2, 0.25) is 5.02 Å². The molecule has 0 radical (unpaired) electrons. The molecule has 44 heavy (non-hydrogen) atoms. The second-order valence-corrected chi connectivity index (χ2v) is 14.7. The topological polar surface area (TPSA) is 117 Å². The van der Waals surface area contributed by atoms with Gasteiger partial charge in [0, 0.05) is 49.5 Å². The van der Waals surface area contributed by atoms with Crippen molar-refractivity contribution in [3.63, 3.8) is 0 Å². The number of sulfonamides is 1. The SMILES string of the molecule is N[C@H](C(=O)N[C@H]1CCCC[C@@H]1CC[C@H]1CN[C@@H]2CCCS(=O)(=O)N1C2)[C@H](c1cncc(C(F)(F)F)c1)c1ccc(Cl)c(F)c1. The molecular formula is C30H38ClF4N5O3S. The number of alkyl halides is 3. The van der Waals surface area contributed by atoms with Gasteiger partial charge in [0.25, 0.3) is 0 Å². The Balaban J connectivity index is 1.33. The van der Waals surface area contributed by atoms with Crippen molar-refractivity contribution in [2.45, 2.75) is 87.6 Å². The Morgan fingerprint density at radius 2 is 1.89 bits per heavy atom. The van der Waals surface area contributed by atoms with E-state index in [1.54, 1.807) is 4.31 Å². The Bertz CT molecular complexity index is 1450. The van der Waals surface area contributed by atoms with E-state index in [0.29, 0.717) is 45.0 Å². The number of benzene rings is 1. The van der Waals surface area contributed by atoms with Gasteiger partial charge in [-0.1, -0.05) is 30.5 Å². The van der Waals surface area contributed by atoms with Crippen LogP contribution in [-0.2, 0) is 21.0 Å². The monoisotopic (exact) mass is 659 g/mol. The Labute approximate surface area is 260 Å². The lowest BCUT2D eigenvalue weighted by molar-refractivity contribution is -0.137. The maximum absolute atomic E-state index is 14.5. The van der Waals surface area contributed by atoms with E-state index in [1.165, 1.54) is 18.3 Å². The third-order valence-corrected chi connectivity index (χ3v) is 11.6. The zero-order valence-corrected chi connectivity index (χ0v) is 25.8. The van der Waals surface area contributed by atoms with Gasteiger partial charge in [-0.15, -0.1) is 0 Å². The molecule has 2 saturated heterocycles. The maximum atomic E-state index is 14.5. The minimum Gasteiger partial charge on any atom is -0.352 e. The van der Waals surface area contributed by atoms with Crippen LogP contribution in [0.15, 0.2) is 36.7 Å². The van der Waals surface area contributed by atoms with Crippen molar-refractivity contribution >= 4 is 27.5 Å². The molecule has 7 atom stereocenters. The summed E-state index contributed by atoms with van der Waals surface area (Å²) >= 11 is 5.85. The van der Waals surface area contributed by atoms with Gasteiger partial charge >= 0.3 is 6.18 Å². The quantitative estimate of drug-likeness (QED) is 0.358. The molecule has 242 valence electrons. The van der Waals surface area contributed by atoms with Gasteiger partial charge in [0.15, 0.2) is 0 Å². The summed E-state index contributed by atoms with van der Waals surface area (Å²) in [6, 6.07) is 3.07.